The Morgan fingerprint density at radius 3 is 2.46 bits per heavy atom. The highest BCUT2D eigenvalue weighted by Crippen LogP contribution is 2.24. The average Bonchev–Trinajstić information content (AvgIpc) is 3.34. The van der Waals surface area contributed by atoms with Gasteiger partial charge >= 0.3 is 0 Å². The normalized spacial score (nSPS) is 10.7. The highest BCUT2D eigenvalue weighted by atomic mass is 16.5. The number of aromatic nitrogens is 4. The van der Waals surface area contributed by atoms with Crippen molar-refractivity contribution in [3.63, 3.8) is 0 Å². The Morgan fingerprint density at radius 1 is 0.857 bits per heavy atom. The van der Waals surface area contributed by atoms with Gasteiger partial charge in [-0.1, -0.05) is 18.2 Å². The monoisotopic (exact) mass is 463 g/mol. The number of nitrogens with one attached hydrogen (secondary N) is 2. The number of aromatic amines is 1. The first-order valence-electron chi connectivity index (χ1n) is 11.1. The molecule has 5 rings (SSSR count). The predicted molar refractivity (Wildman–Crippen MR) is 131 cm³/mol. The number of ketones is 1. The molecule has 8 heteroatoms. The molecule has 2 aromatic carbocycles. The molecule has 3 aromatic heterocycles. The van der Waals surface area contributed by atoms with Gasteiger partial charge in [-0.3, -0.25) is 14.6 Å². The zero-order valence-corrected chi connectivity index (χ0v) is 18.6. The van der Waals surface area contributed by atoms with Gasteiger partial charge in [0, 0.05) is 36.6 Å². The van der Waals surface area contributed by atoms with E-state index in [1.54, 1.807) is 48.8 Å². The lowest BCUT2D eigenvalue weighted by molar-refractivity contribution is 0.0950. The van der Waals surface area contributed by atoms with Gasteiger partial charge in [0.15, 0.2) is 5.82 Å². The Hall–Kier alpha value is -4.85. The molecule has 0 aliphatic rings. The summed E-state index contributed by atoms with van der Waals surface area (Å²) in [5, 5.41) is 2.87. The summed E-state index contributed by atoms with van der Waals surface area (Å²) in [5.74, 6) is 0.389. The molecule has 3 heterocycles. The minimum absolute atomic E-state index is 0.180. The molecule has 172 valence electrons. The van der Waals surface area contributed by atoms with Crippen LogP contribution in [0.5, 0.6) is 11.6 Å². The van der Waals surface area contributed by atoms with E-state index in [2.05, 4.69) is 25.3 Å². The molecule has 8 nitrogen and oxygen atoms in total. The Balaban J connectivity index is 1.25. The molecule has 0 radical (unpaired) electrons. The van der Waals surface area contributed by atoms with Gasteiger partial charge in [-0.15, -0.1) is 0 Å². The summed E-state index contributed by atoms with van der Waals surface area (Å²) >= 11 is 0. The topological polar surface area (TPSA) is 110 Å². The lowest BCUT2D eigenvalue weighted by Crippen LogP contribution is -2.26. The number of H-pyrrole nitrogens is 1. The SMILES string of the molecule is O=C(c1ccc(Oc2ncccc2C(=O)NCCc2ccccn2)cc1)c1nc2ccccc2[nH]1. The van der Waals surface area contributed by atoms with Crippen LogP contribution in [0.25, 0.3) is 11.0 Å². The van der Waals surface area contributed by atoms with Crippen molar-refractivity contribution < 1.29 is 14.3 Å². The van der Waals surface area contributed by atoms with Crippen molar-refractivity contribution in [3.05, 3.63) is 114 Å². The minimum Gasteiger partial charge on any atom is -0.438 e. The molecule has 0 unspecified atom stereocenters. The molecule has 2 N–H and O–H groups in total. The molecule has 0 aliphatic heterocycles. The first kappa shape index (κ1) is 22.0. The van der Waals surface area contributed by atoms with Crippen molar-refractivity contribution in [1.29, 1.82) is 0 Å². The van der Waals surface area contributed by atoms with Crippen molar-refractivity contribution in [2.24, 2.45) is 0 Å². The van der Waals surface area contributed by atoms with Gasteiger partial charge in [0.2, 0.25) is 11.7 Å². The molecule has 0 spiro atoms. The molecule has 0 fully saturated rings. The van der Waals surface area contributed by atoms with Gasteiger partial charge in [-0.2, -0.15) is 0 Å². The van der Waals surface area contributed by atoms with Crippen LogP contribution in [-0.4, -0.2) is 38.2 Å². The lowest BCUT2D eigenvalue weighted by atomic mass is 10.1. The molecule has 35 heavy (non-hydrogen) atoms. The van der Waals surface area contributed by atoms with E-state index in [9.17, 15) is 9.59 Å². The van der Waals surface area contributed by atoms with Crippen LogP contribution in [0.2, 0.25) is 0 Å². The van der Waals surface area contributed by atoms with E-state index >= 15 is 0 Å². The number of ether oxygens (including phenoxy) is 1. The maximum absolute atomic E-state index is 12.8. The van der Waals surface area contributed by atoms with Gasteiger partial charge < -0.3 is 15.0 Å². The van der Waals surface area contributed by atoms with Crippen LogP contribution in [0.4, 0.5) is 0 Å². The molecule has 0 saturated heterocycles. The number of benzene rings is 2. The summed E-state index contributed by atoms with van der Waals surface area (Å²) in [4.78, 5) is 41.4. The number of nitrogens with zero attached hydrogens (tertiary/aromatic N) is 3. The van der Waals surface area contributed by atoms with Gasteiger partial charge in [-0.25, -0.2) is 9.97 Å². The van der Waals surface area contributed by atoms with E-state index in [1.165, 1.54) is 0 Å². The van der Waals surface area contributed by atoms with Crippen LogP contribution in [0.1, 0.15) is 32.2 Å². The first-order valence-corrected chi connectivity index (χ1v) is 11.1. The molecule has 0 atom stereocenters. The van der Waals surface area contributed by atoms with Crippen LogP contribution >= 0.6 is 0 Å². The fourth-order valence-corrected chi connectivity index (χ4v) is 3.57. The summed E-state index contributed by atoms with van der Waals surface area (Å²) in [6.45, 7) is 0.433. The molecule has 0 bridgehead atoms. The Labute approximate surface area is 201 Å². The Kier molecular flexibility index (Phi) is 6.25. The number of hydrogen-bond acceptors (Lipinski definition) is 6. The third-order valence-electron chi connectivity index (χ3n) is 5.34. The maximum atomic E-state index is 12.8. The third-order valence-corrected chi connectivity index (χ3v) is 5.34. The van der Waals surface area contributed by atoms with E-state index in [0.29, 0.717) is 29.8 Å². The molecular formula is C27H21N5O3. The quantitative estimate of drug-likeness (QED) is 0.331. The van der Waals surface area contributed by atoms with E-state index in [0.717, 1.165) is 16.7 Å². The van der Waals surface area contributed by atoms with E-state index in [1.807, 2.05) is 42.5 Å². The zero-order chi connectivity index (χ0) is 24.0. The van der Waals surface area contributed by atoms with E-state index in [4.69, 9.17) is 4.74 Å². The van der Waals surface area contributed by atoms with Crippen LogP contribution in [0.3, 0.4) is 0 Å². The number of rotatable bonds is 8. The molecular weight excluding hydrogens is 442 g/mol. The summed E-state index contributed by atoms with van der Waals surface area (Å²) in [6.07, 6.45) is 3.89. The first-order chi connectivity index (χ1) is 17.2. The van der Waals surface area contributed by atoms with Crippen molar-refractivity contribution >= 4 is 22.7 Å². The second-order valence-corrected chi connectivity index (χ2v) is 7.74. The zero-order valence-electron chi connectivity index (χ0n) is 18.6. The van der Waals surface area contributed by atoms with E-state index in [-0.39, 0.29) is 23.4 Å². The Bertz CT molecular complexity index is 1450. The van der Waals surface area contributed by atoms with Crippen LogP contribution in [0.15, 0.2) is 91.3 Å². The summed E-state index contributed by atoms with van der Waals surface area (Å²) in [5.41, 5.74) is 3.21. The van der Waals surface area contributed by atoms with Gasteiger partial charge in [-0.05, 0) is 60.7 Å². The number of para-hydroxylation sites is 2. The van der Waals surface area contributed by atoms with Crippen molar-refractivity contribution in [2.75, 3.05) is 6.54 Å². The standard InChI is InChI=1S/C27H21N5O3/c33-24(25-31-22-8-1-2-9-23(22)32-25)18-10-12-20(13-11-18)35-27-21(7-5-16-30-27)26(34)29-17-14-19-6-3-4-15-28-19/h1-13,15-16H,14,17H2,(H,29,34)(H,31,32). The predicted octanol–water partition coefficient (Wildman–Crippen LogP) is 4.35. The second kappa shape index (κ2) is 9.96. The molecule has 0 saturated carbocycles. The highest BCUT2D eigenvalue weighted by Gasteiger charge is 2.16. The van der Waals surface area contributed by atoms with Gasteiger partial charge in [0.05, 0.1) is 11.0 Å². The molecule has 1 amide bonds. The number of carbonyl (C=O) groups excluding carboxylic acids is 2. The van der Waals surface area contributed by atoms with Crippen molar-refractivity contribution in [3.8, 4) is 11.6 Å². The number of hydrogen-bond donors (Lipinski definition) is 2. The number of imidazole rings is 1. The summed E-state index contributed by atoms with van der Waals surface area (Å²) in [7, 11) is 0. The third kappa shape index (κ3) is 5.06. The van der Waals surface area contributed by atoms with Crippen molar-refractivity contribution in [1.82, 2.24) is 25.3 Å². The molecule has 0 aliphatic carbocycles. The average molecular weight is 463 g/mol. The largest absolute Gasteiger partial charge is 0.438 e. The molecule has 5 aromatic rings. The van der Waals surface area contributed by atoms with Crippen molar-refractivity contribution in [2.45, 2.75) is 6.42 Å². The van der Waals surface area contributed by atoms with Crippen LogP contribution in [-0.2, 0) is 6.42 Å². The fourth-order valence-electron chi connectivity index (χ4n) is 3.57. The number of amides is 1. The second-order valence-electron chi connectivity index (χ2n) is 7.74. The highest BCUT2D eigenvalue weighted by molar-refractivity contribution is 6.08. The van der Waals surface area contributed by atoms with Gasteiger partial charge in [0.25, 0.3) is 5.91 Å². The number of fused-ring (bicyclic) bond motifs is 1. The fraction of sp³-hybridized carbons (Fsp3) is 0.0741. The van der Waals surface area contributed by atoms with Crippen LogP contribution in [0, 0.1) is 0 Å². The summed E-state index contributed by atoms with van der Waals surface area (Å²) in [6, 6.07) is 23.1. The minimum atomic E-state index is -0.291. The number of pyridine rings is 2. The van der Waals surface area contributed by atoms with Crippen LogP contribution < -0.4 is 10.1 Å². The lowest BCUT2D eigenvalue weighted by Gasteiger charge is -2.10. The number of carbonyl (C=O) groups is 2. The Morgan fingerprint density at radius 2 is 1.66 bits per heavy atom. The van der Waals surface area contributed by atoms with Gasteiger partial charge in [0.1, 0.15) is 11.3 Å². The summed E-state index contributed by atoms with van der Waals surface area (Å²) < 4.78 is 5.86. The van der Waals surface area contributed by atoms with E-state index < -0.39 is 0 Å². The smallest absolute Gasteiger partial charge is 0.256 e. The maximum Gasteiger partial charge on any atom is 0.256 e.